The van der Waals surface area contributed by atoms with Crippen LogP contribution in [0.2, 0.25) is 0 Å². The molecule has 3 rings (SSSR count). The molecule has 0 saturated carbocycles. The molecule has 2 aliphatic rings. The molecule has 2 bridgehead atoms. The first kappa shape index (κ1) is 9.65. The van der Waals surface area contributed by atoms with Crippen LogP contribution in [0.15, 0.2) is 22.4 Å². The molecule has 16 heavy (non-hydrogen) atoms. The van der Waals surface area contributed by atoms with Crippen LogP contribution >= 0.6 is 11.3 Å². The first-order chi connectivity index (χ1) is 7.66. The molecule has 0 aliphatic carbocycles. The number of fused-ring (bicyclic) bond motifs is 2. The summed E-state index contributed by atoms with van der Waals surface area (Å²) in [5.74, 6) is 0. The van der Waals surface area contributed by atoms with Crippen LogP contribution in [0, 0.1) is 0 Å². The summed E-state index contributed by atoms with van der Waals surface area (Å²) in [5, 5.41) is 1.76. The molecule has 3 heterocycles. The number of carbonyl (C=O) groups excluding carboxylic acids is 1. The normalized spacial score (nSPS) is 23.9. The summed E-state index contributed by atoms with van der Waals surface area (Å²) in [6.45, 7) is 1.26. The lowest BCUT2D eigenvalue weighted by molar-refractivity contribution is 0.202. The molecule has 5 nitrogen and oxygen atoms in total. The van der Waals surface area contributed by atoms with Crippen LogP contribution in [0.4, 0.5) is 4.79 Å². The van der Waals surface area contributed by atoms with Crippen molar-refractivity contribution in [1.29, 1.82) is 0 Å². The molecule has 0 spiro atoms. The smallest absolute Gasteiger partial charge is 0.319 e. The van der Waals surface area contributed by atoms with E-state index in [4.69, 9.17) is 0 Å². The fourth-order valence-corrected chi connectivity index (χ4v) is 2.79. The molecule has 1 saturated heterocycles. The van der Waals surface area contributed by atoms with Gasteiger partial charge in [0.1, 0.15) is 0 Å². The SMILES string of the molecule is CN1C(=O)N2CC(n3ccsc3=O)=CC1C2. The van der Waals surface area contributed by atoms with Gasteiger partial charge in [-0.3, -0.25) is 9.36 Å². The van der Waals surface area contributed by atoms with Gasteiger partial charge in [-0.2, -0.15) is 0 Å². The van der Waals surface area contributed by atoms with E-state index in [9.17, 15) is 9.59 Å². The van der Waals surface area contributed by atoms with E-state index in [2.05, 4.69) is 0 Å². The lowest BCUT2D eigenvalue weighted by atomic mass is 10.2. The van der Waals surface area contributed by atoms with Crippen LogP contribution in [0.1, 0.15) is 0 Å². The van der Waals surface area contributed by atoms with Crippen LogP contribution in [0.5, 0.6) is 0 Å². The van der Waals surface area contributed by atoms with Crippen LogP contribution < -0.4 is 4.87 Å². The third kappa shape index (κ3) is 1.23. The van der Waals surface area contributed by atoms with Gasteiger partial charge in [-0.05, 0) is 6.08 Å². The van der Waals surface area contributed by atoms with E-state index in [1.807, 2.05) is 6.08 Å². The lowest BCUT2D eigenvalue weighted by Crippen LogP contribution is -2.33. The van der Waals surface area contributed by atoms with Gasteiger partial charge in [0, 0.05) is 30.9 Å². The first-order valence-electron chi connectivity index (χ1n) is 5.06. The zero-order valence-electron chi connectivity index (χ0n) is 8.79. The maximum absolute atomic E-state index is 11.7. The van der Waals surface area contributed by atoms with Gasteiger partial charge < -0.3 is 9.80 Å². The number of rotatable bonds is 1. The Bertz CT molecular complexity index is 530. The predicted octanol–water partition coefficient (Wildman–Crippen LogP) is 0.500. The molecule has 1 aromatic rings. The Labute approximate surface area is 96.2 Å². The van der Waals surface area contributed by atoms with E-state index in [0.29, 0.717) is 6.54 Å². The summed E-state index contributed by atoms with van der Waals surface area (Å²) in [6.07, 6.45) is 3.77. The van der Waals surface area contributed by atoms with Crippen molar-refractivity contribution in [3.63, 3.8) is 0 Å². The number of hydrogen-bond donors (Lipinski definition) is 0. The molecule has 0 aromatic carbocycles. The predicted molar refractivity (Wildman–Crippen MR) is 61.4 cm³/mol. The van der Waals surface area contributed by atoms with Crippen LogP contribution in [0.25, 0.3) is 5.70 Å². The number of aromatic nitrogens is 1. The third-order valence-corrected chi connectivity index (χ3v) is 3.76. The largest absolute Gasteiger partial charge is 0.320 e. The van der Waals surface area contributed by atoms with Crippen molar-refractivity contribution in [2.45, 2.75) is 6.04 Å². The van der Waals surface area contributed by atoms with Gasteiger partial charge >= 0.3 is 10.9 Å². The summed E-state index contributed by atoms with van der Waals surface area (Å²) in [4.78, 5) is 26.7. The number of nitrogens with zero attached hydrogens (tertiary/aromatic N) is 3. The maximum atomic E-state index is 11.7. The summed E-state index contributed by atoms with van der Waals surface area (Å²) in [5.41, 5.74) is 0.903. The van der Waals surface area contributed by atoms with Gasteiger partial charge in [0.05, 0.1) is 12.6 Å². The van der Waals surface area contributed by atoms with Crippen molar-refractivity contribution in [2.75, 3.05) is 20.1 Å². The van der Waals surface area contributed by atoms with Gasteiger partial charge in [0.25, 0.3) is 0 Å². The minimum Gasteiger partial charge on any atom is -0.319 e. The first-order valence-corrected chi connectivity index (χ1v) is 5.94. The van der Waals surface area contributed by atoms with Crippen molar-refractivity contribution < 1.29 is 4.79 Å². The number of amides is 2. The Balaban J connectivity index is 2.02. The second-order valence-electron chi connectivity index (χ2n) is 4.04. The highest BCUT2D eigenvalue weighted by Gasteiger charge is 2.37. The molecule has 1 fully saturated rings. The second kappa shape index (κ2) is 3.21. The van der Waals surface area contributed by atoms with Crippen LogP contribution in [0.3, 0.4) is 0 Å². The topological polar surface area (TPSA) is 45.6 Å². The third-order valence-electron chi connectivity index (χ3n) is 3.10. The van der Waals surface area contributed by atoms with E-state index in [0.717, 1.165) is 12.2 Å². The summed E-state index contributed by atoms with van der Waals surface area (Å²) in [7, 11) is 1.79. The molecule has 84 valence electrons. The van der Waals surface area contributed by atoms with E-state index in [1.54, 1.807) is 33.0 Å². The minimum absolute atomic E-state index is 0.00357. The minimum atomic E-state index is 0.00357. The summed E-state index contributed by atoms with van der Waals surface area (Å²) >= 11 is 1.17. The molecule has 1 aromatic heterocycles. The number of carbonyl (C=O) groups is 1. The van der Waals surface area contributed by atoms with Gasteiger partial charge in [0.2, 0.25) is 0 Å². The summed E-state index contributed by atoms with van der Waals surface area (Å²) in [6, 6.07) is 0.141. The molecule has 6 heteroatoms. The van der Waals surface area contributed by atoms with Crippen LogP contribution in [-0.4, -0.2) is 46.6 Å². The maximum Gasteiger partial charge on any atom is 0.320 e. The van der Waals surface area contributed by atoms with E-state index in [-0.39, 0.29) is 16.9 Å². The highest BCUT2D eigenvalue weighted by molar-refractivity contribution is 7.07. The Hall–Kier alpha value is -1.56. The highest BCUT2D eigenvalue weighted by Crippen LogP contribution is 2.24. The summed E-state index contributed by atoms with van der Waals surface area (Å²) < 4.78 is 1.62. The zero-order valence-corrected chi connectivity index (χ0v) is 9.61. The van der Waals surface area contributed by atoms with Crippen LogP contribution in [-0.2, 0) is 0 Å². The van der Waals surface area contributed by atoms with Crippen molar-refractivity contribution in [3.05, 3.63) is 27.3 Å². The number of urea groups is 1. The van der Waals surface area contributed by atoms with E-state index >= 15 is 0 Å². The van der Waals surface area contributed by atoms with Crippen molar-refractivity contribution in [3.8, 4) is 0 Å². The molecule has 1 atom stereocenters. The molecule has 2 aliphatic heterocycles. The average Bonchev–Trinajstić information content (AvgIpc) is 2.79. The zero-order chi connectivity index (χ0) is 11.3. The van der Waals surface area contributed by atoms with Crippen molar-refractivity contribution >= 4 is 23.1 Å². The van der Waals surface area contributed by atoms with Gasteiger partial charge in [0.15, 0.2) is 0 Å². The fourth-order valence-electron chi connectivity index (χ4n) is 2.19. The lowest BCUT2D eigenvalue weighted by Gasteiger charge is -2.21. The Morgan fingerprint density at radius 1 is 1.44 bits per heavy atom. The Morgan fingerprint density at radius 2 is 2.25 bits per heavy atom. The molecule has 1 unspecified atom stereocenters. The number of thiazole rings is 1. The highest BCUT2D eigenvalue weighted by atomic mass is 32.1. The second-order valence-corrected chi connectivity index (χ2v) is 4.90. The monoisotopic (exact) mass is 237 g/mol. The number of likely N-dealkylation sites (N-methyl/N-ethyl adjacent to an activating group) is 1. The quantitative estimate of drug-likeness (QED) is 0.714. The van der Waals surface area contributed by atoms with E-state index < -0.39 is 0 Å². The Morgan fingerprint density at radius 3 is 2.88 bits per heavy atom. The van der Waals surface area contributed by atoms with Crippen molar-refractivity contribution in [2.24, 2.45) is 0 Å². The fraction of sp³-hybridized carbons (Fsp3) is 0.400. The molecular formula is C10H11N3O2S. The van der Waals surface area contributed by atoms with Gasteiger partial charge in [-0.1, -0.05) is 11.3 Å². The van der Waals surface area contributed by atoms with Gasteiger partial charge in [-0.15, -0.1) is 0 Å². The Kier molecular flexibility index (Phi) is 1.94. The van der Waals surface area contributed by atoms with Crippen molar-refractivity contribution in [1.82, 2.24) is 14.4 Å². The standard InChI is InChI=1S/C10H11N3O2S/c1-11-7-4-8(6-12(5-7)9(11)14)13-2-3-16-10(13)15/h2-4,7H,5-6H2,1H3. The molecular weight excluding hydrogens is 226 g/mol. The molecule has 2 amide bonds. The number of hydrogen-bond acceptors (Lipinski definition) is 3. The van der Waals surface area contributed by atoms with Gasteiger partial charge in [-0.25, -0.2) is 4.79 Å². The molecule has 0 N–H and O–H groups in total. The molecule has 0 radical (unpaired) electrons. The van der Waals surface area contributed by atoms with E-state index in [1.165, 1.54) is 11.3 Å². The average molecular weight is 237 g/mol.